The third-order valence-electron chi connectivity index (χ3n) is 4.03. The van der Waals surface area contributed by atoms with Gasteiger partial charge in [-0.15, -0.1) is 0 Å². The Labute approximate surface area is 147 Å². The number of nitrogens with one attached hydrogen (secondary N) is 1. The molecule has 2 rings (SSSR count). The molecule has 1 N–H and O–H groups in total. The lowest BCUT2D eigenvalue weighted by atomic mass is 10.1. The highest BCUT2D eigenvalue weighted by Crippen LogP contribution is 2.23. The summed E-state index contributed by atoms with van der Waals surface area (Å²) in [6, 6.07) is 9.48. The van der Waals surface area contributed by atoms with Crippen molar-refractivity contribution in [2.75, 3.05) is 15.9 Å². The van der Waals surface area contributed by atoms with E-state index in [1.807, 2.05) is 26.0 Å². The number of aryl methyl sites for hydroxylation is 1. The second-order valence-corrected chi connectivity index (χ2v) is 7.81. The van der Waals surface area contributed by atoms with Gasteiger partial charge in [-0.1, -0.05) is 12.1 Å². The quantitative estimate of drug-likeness (QED) is 0.886. The van der Waals surface area contributed by atoms with Crippen molar-refractivity contribution in [2.45, 2.75) is 26.8 Å². The van der Waals surface area contributed by atoms with Crippen LogP contribution in [0.25, 0.3) is 0 Å². The minimum absolute atomic E-state index is 0.229. The maximum Gasteiger partial charge on any atom is 0.248 e. The van der Waals surface area contributed by atoms with Crippen molar-refractivity contribution in [3.8, 4) is 0 Å². The highest BCUT2D eigenvalue weighted by molar-refractivity contribution is 7.92. The van der Waals surface area contributed by atoms with E-state index < -0.39 is 27.8 Å². The van der Waals surface area contributed by atoms with Gasteiger partial charge in [0.05, 0.1) is 11.9 Å². The molecule has 0 aliphatic rings. The highest BCUT2D eigenvalue weighted by Gasteiger charge is 2.29. The normalized spacial score (nSPS) is 12.5. The van der Waals surface area contributed by atoms with Gasteiger partial charge in [-0.3, -0.25) is 9.10 Å². The molecule has 0 radical (unpaired) electrons. The standard InChI is InChI=1S/C18H21FN2O3S/c1-12-6-5-7-17(13(12)2)20-18(22)14(3)21(25(4,23)24)16-10-8-15(19)9-11-16/h5-11,14H,1-4H3,(H,20,22)/t14-/m1/s1. The van der Waals surface area contributed by atoms with Crippen LogP contribution >= 0.6 is 0 Å². The summed E-state index contributed by atoms with van der Waals surface area (Å²) in [5.74, 6) is -0.951. The van der Waals surface area contributed by atoms with E-state index in [0.717, 1.165) is 33.8 Å². The van der Waals surface area contributed by atoms with Crippen molar-refractivity contribution in [3.05, 3.63) is 59.4 Å². The number of halogens is 1. The molecule has 0 spiro atoms. The summed E-state index contributed by atoms with van der Waals surface area (Å²) in [6.45, 7) is 5.30. The van der Waals surface area contributed by atoms with Crippen LogP contribution in [0.4, 0.5) is 15.8 Å². The van der Waals surface area contributed by atoms with E-state index in [2.05, 4.69) is 5.32 Å². The number of sulfonamides is 1. The van der Waals surface area contributed by atoms with E-state index in [9.17, 15) is 17.6 Å². The number of hydrogen-bond acceptors (Lipinski definition) is 3. The number of amides is 1. The zero-order chi connectivity index (χ0) is 18.8. The number of hydrogen-bond donors (Lipinski definition) is 1. The molecule has 0 aliphatic carbocycles. The maximum absolute atomic E-state index is 13.1. The molecule has 5 nitrogen and oxygen atoms in total. The fourth-order valence-corrected chi connectivity index (χ4v) is 3.70. The Morgan fingerprint density at radius 2 is 1.72 bits per heavy atom. The van der Waals surface area contributed by atoms with Gasteiger partial charge in [0.1, 0.15) is 11.9 Å². The predicted molar refractivity (Wildman–Crippen MR) is 97.7 cm³/mol. The smallest absolute Gasteiger partial charge is 0.248 e. The van der Waals surface area contributed by atoms with Crippen LogP contribution in [-0.4, -0.2) is 26.6 Å². The molecular weight excluding hydrogens is 343 g/mol. The molecule has 0 aromatic heterocycles. The Bertz CT molecular complexity index is 880. The van der Waals surface area contributed by atoms with E-state index >= 15 is 0 Å². The molecule has 0 saturated heterocycles. The van der Waals surface area contributed by atoms with E-state index in [1.54, 1.807) is 6.07 Å². The van der Waals surface area contributed by atoms with E-state index in [-0.39, 0.29) is 5.69 Å². The minimum Gasteiger partial charge on any atom is -0.324 e. The third-order valence-corrected chi connectivity index (χ3v) is 5.27. The first kappa shape index (κ1) is 18.9. The summed E-state index contributed by atoms with van der Waals surface area (Å²) in [4.78, 5) is 12.6. The zero-order valence-corrected chi connectivity index (χ0v) is 15.4. The Kier molecular flexibility index (Phi) is 5.47. The summed E-state index contributed by atoms with van der Waals surface area (Å²) < 4.78 is 38.5. The summed E-state index contributed by atoms with van der Waals surface area (Å²) in [5.41, 5.74) is 2.79. The molecule has 1 atom stereocenters. The van der Waals surface area contributed by atoms with E-state index in [4.69, 9.17) is 0 Å². The number of carbonyl (C=O) groups excluding carboxylic acids is 1. The number of carbonyl (C=O) groups is 1. The summed E-state index contributed by atoms with van der Waals surface area (Å²) in [5, 5.41) is 2.77. The lowest BCUT2D eigenvalue weighted by molar-refractivity contribution is -0.116. The topological polar surface area (TPSA) is 66.5 Å². The highest BCUT2D eigenvalue weighted by atomic mass is 32.2. The van der Waals surface area contributed by atoms with Gasteiger partial charge in [-0.25, -0.2) is 12.8 Å². The average molecular weight is 364 g/mol. The first-order chi connectivity index (χ1) is 11.6. The summed E-state index contributed by atoms with van der Waals surface area (Å²) >= 11 is 0. The van der Waals surface area contributed by atoms with Crippen molar-refractivity contribution >= 4 is 27.3 Å². The van der Waals surface area contributed by atoms with Gasteiger partial charge in [0.15, 0.2) is 0 Å². The summed E-state index contributed by atoms with van der Waals surface area (Å²) in [6.07, 6.45) is 1.01. The second kappa shape index (κ2) is 7.23. The predicted octanol–water partition coefficient (Wildman–Crippen LogP) is 3.24. The fraction of sp³-hybridized carbons (Fsp3) is 0.278. The molecule has 0 heterocycles. The molecule has 0 bridgehead atoms. The second-order valence-electron chi connectivity index (χ2n) is 5.95. The molecule has 25 heavy (non-hydrogen) atoms. The van der Waals surface area contributed by atoms with Crippen LogP contribution in [0.1, 0.15) is 18.1 Å². The molecule has 7 heteroatoms. The minimum atomic E-state index is -3.74. The fourth-order valence-electron chi connectivity index (χ4n) is 2.52. The Hall–Kier alpha value is -2.41. The van der Waals surface area contributed by atoms with Crippen LogP contribution in [0.15, 0.2) is 42.5 Å². The maximum atomic E-state index is 13.1. The van der Waals surface area contributed by atoms with Crippen molar-refractivity contribution in [1.29, 1.82) is 0 Å². The summed E-state index contributed by atoms with van der Waals surface area (Å²) in [7, 11) is -3.74. The first-order valence-corrected chi connectivity index (χ1v) is 9.58. The van der Waals surface area contributed by atoms with Gasteiger partial charge < -0.3 is 5.32 Å². The van der Waals surface area contributed by atoms with Crippen LogP contribution in [0.2, 0.25) is 0 Å². The molecule has 0 fully saturated rings. The van der Waals surface area contributed by atoms with Gasteiger partial charge in [-0.05, 0) is 62.2 Å². The molecule has 2 aromatic carbocycles. The van der Waals surface area contributed by atoms with Crippen LogP contribution < -0.4 is 9.62 Å². The van der Waals surface area contributed by atoms with Crippen LogP contribution in [0.5, 0.6) is 0 Å². The Morgan fingerprint density at radius 1 is 1.12 bits per heavy atom. The molecule has 0 unspecified atom stereocenters. The van der Waals surface area contributed by atoms with E-state index in [1.165, 1.54) is 19.1 Å². The number of anilines is 2. The van der Waals surface area contributed by atoms with Gasteiger partial charge in [0.25, 0.3) is 0 Å². The van der Waals surface area contributed by atoms with Gasteiger partial charge >= 0.3 is 0 Å². The third kappa shape index (κ3) is 4.36. The first-order valence-electron chi connectivity index (χ1n) is 7.73. The lowest BCUT2D eigenvalue weighted by Gasteiger charge is -2.28. The zero-order valence-electron chi connectivity index (χ0n) is 14.6. The van der Waals surface area contributed by atoms with Gasteiger partial charge in [0.2, 0.25) is 15.9 Å². The molecule has 1 amide bonds. The SMILES string of the molecule is Cc1cccc(NC(=O)[C@@H](C)N(c2ccc(F)cc2)S(C)(=O)=O)c1C. The largest absolute Gasteiger partial charge is 0.324 e. The van der Waals surface area contributed by atoms with Gasteiger partial charge in [-0.2, -0.15) is 0 Å². The van der Waals surface area contributed by atoms with Crippen LogP contribution in [0.3, 0.4) is 0 Å². The molecule has 0 aliphatic heterocycles. The Morgan fingerprint density at radius 3 is 2.28 bits per heavy atom. The van der Waals surface area contributed by atoms with E-state index in [0.29, 0.717) is 5.69 Å². The molecule has 0 saturated carbocycles. The van der Waals surface area contributed by atoms with Crippen LogP contribution in [0, 0.1) is 19.7 Å². The average Bonchev–Trinajstić information content (AvgIpc) is 2.52. The van der Waals surface area contributed by atoms with Crippen molar-refractivity contribution in [3.63, 3.8) is 0 Å². The van der Waals surface area contributed by atoms with Crippen molar-refractivity contribution < 1.29 is 17.6 Å². The van der Waals surface area contributed by atoms with Crippen molar-refractivity contribution in [2.24, 2.45) is 0 Å². The monoisotopic (exact) mass is 364 g/mol. The lowest BCUT2D eigenvalue weighted by Crippen LogP contribution is -2.45. The van der Waals surface area contributed by atoms with Crippen molar-refractivity contribution in [1.82, 2.24) is 0 Å². The Balaban J connectivity index is 2.33. The number of benzene rings is 2. The number of nitrogens with zero attached hydrogens (tertiary/aromatic N) is 1. The number of rotatable bonds is 5. The van der Waals surface area contributed by atoms with Gasteiger partial charge in [0, 0.05) is 5.69 Å². The molecule has 2 aromatic rings. The molecule has 134 valence electrons. The van der Waals surface area contributed by atoms with Crippen LogP contribution in [-0.2, 0) is 14.8 Å². The molecular formula is C18H21FN2O3S.